The van der Waals surface area contributed by atoms with Crippen molar-refractivity contribution < 1.29 is 41.4 Å². The van der Waals surface area contributed by atoms with E-state index >= 15 is 0 Å². The lowest BCUT2D eigenvalue weighted by atomic mass is 10.1. The van der Waals surface area contributed by atoms with Crippen LogP contribution in [0.4, 0.5) is 15.8 Å². The van der Waals surface area contributed by atoms with Gasteiger partial charge < -0.3 is 19.5 Å². The molecule has 3 rings (SSSR count). The number of sulfonamides is 1. The van der Waals surface area contributed by atoms with Gasteiger partial charge in [-0.15, -0.1) is 0 Å². The molecule has 0 heterocycles. The van der Waals surface area contributed by atoms with Crippen molar-refractivity contribution in [2.75, 3.05) is 37.0 Å². The number of methoxy groups -OCH3 is 2. The first kappa shape index (κ1) is 28.1. The Balaban J connectivity index is 1.98. The summed E-state index contributed by atoms with van der Waals surface area (Å²) in [5.41, 5.74) is -0.113. The minimum atomic E-state index is -4.31. The molecular weight excluding hydrogens is 519 g/mol. The molecule has 0 aromatic heterocycles. The Bertz CT molecular complexity index is 1420. The van der Waals surface area contributed by atoms with Gasteiger partial charge in [-0.2, -0.15) is 0 Å². The van der Waals surface area contributed by atoms with E-state index in [0.717, 1.165) is 23.5 Å². The molecule has 38 heavy (non-hydrogen) atoms. The van der Waals surface area contributed by atoms with Gasteiger partial charge in [-0.3, -0.25) is 9.10 Å². The van der Waals surface area contributed by atoms with Crippen LogP contribution in [-0.4, -0.2) is 53.6 Å². The number of nitrogens with zero attached hydrogens (tertiary/aromatic N) is 1. The van der Waals surface area contributed by atoms with Crippen LogP contribution in [0.5, 0.6) is 5.75 Å². The van der Waals surface area contributed by atoms with E-state index < -0.39 is 40.2 Å². The summed E-state index contributed by atoms with van der Waals surface area (Å²) in [7, 11) is -2.01. The second kappa shape index (κ2) is 12.2. The molecule has 0 unspecified atom stereocenters. The number of amides is 1. The number of carbonyl (C=O) groups is 3. The number of anilines is 2. The Morgan fingerprint density at radius 3 is 2.11 bits per heavy atom. The molecule has 0 spiro atoms. The van der Waals surface area contributed by atoms with Crippen LogP contribution in [0.3, 0.4) is 0 Å². The summed E-state index contributed by atoms with van der Waals surface area (Å²) in [4.78, 5) is 37.2. The predicted molar refractivity (Wildman–Crippen MR) is 136 cm³/mol. The lowest BCUT2D eigenvalue weighted by Crippen LogP contribution is -2.38. The molecule has 200 valence electrons. The van der Waals surface area contributed by atoms with Crippen molar-refractivity contribution in [3.05, 3.63) is 83.7 Å². The maximum atomic E-state index is 13.6. The largest absolute Gasteiger partial charge is 0.494 e. The predicted octanol–water partition coefficient (Wildman–Crippen LogP) is 3.63. The summed E-state index contributed by atoms with van der Waals surface area (Å²) in [5, 5.41) is 2.46. The topological polar surface area (TPSA) is 128 Å². The molecule has 0 fully saturated rings. The highest BCUT2D eigenvalue weighted by molar-refractivity contribution is 7.92. The first-order valence-corrected chi connectivity index (χ1v) is 12.7. The fraction of sp³-hybridized carbons (Fsp3) is 0.192. The van der Waals surface area contributed by atoms with Crippen LogP contribution in [0.1, 0.15) is 27.6 Å². The molecule has 10 nitrogen and oxygen atoms in total. The Hall–Kier alpha value is -4.45. The van der Waals surface area contributed by atoms with Crippen molar-refractivity contribution in [3.8, 4) is 5.75 Å². The monoisotopic (exact) mass is 544 g/mol. The van der Waals surface area contributed by atoms with Crippen molar-refractivity contribution in [1.82, 2.24) is 0 Å². The van der Waals surface area contributed by atoms with Crippen LogP contribution in [-0.2, 0) is 24.3 Å². The van der Waals surface area contributed by atoms with Gasteiger partial charge in [-0.1, -0.05) is 0 Å². The lowest BCUT2D eigenvalue weighted by Gasteiger charge is -2.24. The standard InChI is InChI=1S/C26H25FN2O8S/c1-4-37-20-10-12-21(13-11-20)38(33,34)29(19-8-6-18(27)7-9-19)16-24(30)28-23-15-17(25(31)35-2)5-14-22(23)26(32)36-3/h5-15H,4,16H2,1-3H3,(H,28,30). The van der Waals surface area contributed by atoms with Gasteiger partial charge in [0.05, 0.1) is 48.2 Å². The third kappa shape index (κ3) is 6.45. The van der Waals surface area contributed by atoms with Crippen LogP contribution in [0.2, 0.25) is 0 Å². The normalized spacial score (nSPS) is 10.8. The number of hydrogen-bond acceptors (Lipinski definition) is 8. The Labute approximate surface area is 219 Å². The van der Waals surface area contributed by atoms with Crippen LogP contribution in [0.15, 0.2) is 71.6 Å². The van der Waals surface area contributed by atoms with E-state index in [0.29, 0.717) is 12.4 Å². The average Bonchev–Trinajstić information content (AvgIpc) is 2.91. The van der Waals surface area contributed by atoms with Gasteiger partial charge in [0, 0.05) is 0 Å². The van der Waals surface area contributed by atoms with E-state index in [1.807, 2.05) is 0 Å². The molecule has 3 aromatic carbocycles. The second-order valence-electron chi connectivity index (χ2n) is 7.68. The van der Waals surface area contributed by atoms with Crippen LogP contribution >= 0.6 is 0 Å². The van der Waals surface area contributed by atoms with Crippen molar-refractivity contribution in [2.45, 2.75) is 11.8 Å². The molecule has 0 bridgehead atoms. The lowest BCUT2D eigenvalue weighted by molar-refractivity contribution is -0.114. The Morgan fingerprint density at radius 1 is 0.895 bits per heavy atom. The fourth-order valence-corrected chi connectivity index (χ4v) is 4.85. The van der Waals surface area contributed by atoms with Gasteiger partial charge in [0.15, 0.2) is 0 Å². The van der Waals surface area contributed by atoms with Gasteiger partial charge in [-0.05, 0) is 73.7 Å². The highest BCUT2D eigenvalue weighted by Crippen LogP contribution is 2.26. The molecule has 1 amide bonds. The summed E-state index contributed by atoms with van der Waals surface area (Å²) < 4.78 is 56.2. The maximum Gasteiger partial charge on any atom is 0.339 e. The number of carbonyl (C=O) groups excluding carboxylic acids is 3. The summed E-state index contributed by atoms with van der Waals surface area (Å²) >= 11 is 0. The first-order chi connectivity index (χ1) is 18.1. The minimum absolute atomic E-state index is 0.0203. The van der Waals surface area contributed by atoms with Gasteiger partial charge in [-0.25, -0.2) is 22.4 Å². The van der Waals surface area contributed by atoms with Gasteiger partial charge in [0.1, 0.15) is 18.1 Å². The smallest absolute Gasteiger partial charge is 0.339 e. The average molecular weight is 545 g/mol. The minimum Gasteiger partial charge on any atom is -0.494 e. The zero-order valence-electron chi connectivity index (χ0n) is 20.8. The van der Waals surface area contributed by atoms with E-state index in [1.54, 1.807) is 6.92 Å². The molecule has 0 aliphatic heterocycles. The van der Waals surface area contributed by atoms with E-state index in [9.17, 15) is 27.2 Å². The molecule has 0 saturated heterocycles. The Morgan fingerprint density at radius 2 is 1.53 bits per heavy atom. The number of rotatable bonds is 10. The van der Waals surface area contributed by atoms with Gasteiger partial charge in [0.2, 0.25) is 5.91 Å². The maximum absolute atomic E-state index is 13.6. The molecule has 0 aliphatic rings. The number of benzene rings is 3. The highest BCUT2D eigenvalue weighted by atomic mass is 32.2. The van der Waals surface area contributed by atoms with Crippen molar-refractivity contribution in [3.63, 3.8) is 0 Å². The molecule has 0 atom stereocenters. The van der Waals surface area contributed by atoms with Crippen molar-refractivity contribution >= 4 is 39.2 Å². The molecule has 0 saturated carbocycles. The zero-order valence-corrected chi connectivity index (χ0v) is 21.6. The Kier molecular flexibility index (Phi) is 9.02. The highest BCUT2D eigenvalue weighted by Gasteiger charge is 2.28. The van der Waals surface area contributed by atoms with Crippen LogP contribution < -0.4 is 14.4 Å². The summed E-state index contributed by atoms with van der Waals surface area (Å²) in [6.45, 7) is 1.43. The van der Waals surface area contributed by atoms with E-state index in [1.165, 1.54) is 61.7 Å². The van der Waals surface area contributed by atoms with E-state index in [4.69, 9.17) is 9.47 Å². The summed E-state index contributed by atoms with van der Waals surface area (Å²) in [6, 6.07) is 13.9. The number of hydrogen-bond donors (Lipinski definition) is 1. The quantitative estimate of drug-likeness (QED) is 0.383. The fourth-order valence-electron chi connectivity index (χ4n) is 3.42. The molecule has 12 heteroatoms. The van der Waals surface area contributed by atoms with E-state index in [2.05, 4.69) is 10.1 Å². The number of esters is 2. The van der Waals surface area contributed by atoms with Gasteiger partial charge >= 0.3 is 11.9 Å². The van der Waals surface area contributed by atoms with Crippen molar-refractivity contribution in [1.29, 1.82) is 0 Å². The first-order valence-electron chi connectivity index (χ1n) is 11.2. The number of nitrogens with one attached hydrogen (secondary N) is 1. The van der Waals surface area contributed by atoms with Crippen LogP contribution in [0.25, 0.3) is 0 Å². The van der Waals surface area contributed by atoms with E-state index in [-0.39, 0.29) is 27.4 Å². The zero-order chi connectivity index (χ0) is 27.9. The SMILES string of the molecule is CCOc1ccc(S(=O)(=O)N(CC(=O)Nc2cc(C(=O)OC)ccc2C(=O)OC)c2ccc(F)cc2)cc1. The third-order valence-corrected chi connectivity index (χ3v) is 7.03. The van der Waals surface area contributed by atoms with Crippen LogP contribution in [0, 0.1) is 5.82 Å². The summed E-state index contributed by atoms with van der Waals surface area (Å²) in [6.07, 6.45) is 0. The van der Waals surface area contributed by atoms with Gasteiger partial charge in [0.25, 0.3) is 10.0 Å². The number of halogens is 1. The molecule has 0 radical (unpaired) electrons. The number of ether oxygens (including phenoxy) is 3. The molecule has 3 aromatic rings. The molecule has 1 N–H and O–H groups in total. The summed E-state index contributed by atoms with van der Waals surface area (Å²) in [5.74, 6) is -2.51. The second-order valence-corrected chi connectivity index (χ2v) is 9.55. The third-order valence-electron chi connectivity index (χ3n) is 5.24. The molecule has 0 aliphatic carbocycles. The molecular formula is C26H25FN2O8S. The van der Waals surface area contributed by atoms with Crippen molar-refractivity contribution in [2.24, 2.45) is 0 Å².